The minimum absolute atomic E-state index is 0.586. The zero-order valence-corrected chi connectivity index (χ0v) is 10.5. The monoisotopic (exact) mass is 218 g/mol. The summed E-state index contributed by atoms with van der Waals surface area (Å²) in [6, 6.07) is 8.62. The van der Waals surface area contributed by atoms with Gasteiger partial charge in [0.2, 0.25) is 0 Å². The maximum atomic E-state index is 5.76. The Morgan fingerprint density at radius 2 is 1.88 bits per heavy atom. The van der Waals surface area contributed by atoms with Gasteiger partial charge in [-0.3, -0.25) is 4.99 Å². The Labute approximate surface area is 98.6 Å². The first kappa shape index (κ1) is 12.8. The molecule has 88 valence electrons. The van der Waals surface area contributed by atoms with E-state index in [0.717, 1.165) is 18.7 Å². The van der Waals surface area contributed by atoms with Gasteiger partial charge in [-0.2, -0.15) is 0 Å². The highest BCUT2D eigenvalue weighted by atomic mass is 14.8. The third-order valence-electron chi connectivity index (χ3n) is 2.62. The van der Waals surface area contributed by atoms with Crippen LogP contribution in [0.5, 0.6) is 0 Å². The Morgan fingerprint density at radius 1 is 1.25 bits per heavy atom. The zero-order valence-electron chi connectivity index (χ0n) is 10.5. The molecule has 1 rings (SSSR count). The van der Waals surface area contributed by atoms with E-state index in [1.54, 1.807) is 0 Å². The van der Waals surface area contributed by atoms with Crippen LogP contribution in [0.1, 0.15) is 50.7 Å². The summed E-state index contributed by atoms with van der Waals surface area (Å²) in [5, 5.41) is 0. The fourth-order valence-electron chi connectivity index (χ4n) is 1.54. The zero-order chi connectivity index (χ0) is 12.0. The van der Waals surface area contributed by atoms with Crippen molar-refractivity contribution in [3.8, 4) is 0 Å². The first-order valence-corrected chi connectivity index (χ1v) is 6.01. The van der Waals surface area contributed by atoms with Gasteiger partial charge in [-0.25, -0.2) is 0 Å². The van der Waals surface area contributed by atoms with E-state index in [4.69, 9.17) is 5.73 Å². The molecule has 0 saturated carbocycles. The smallest absolute Gasteiger partial charge is 0.0941 e. The number of rotatable bonds is 5. The van der Waals surface area contributed by atoms with Crippen LogP contribution in [-0.2, 0) is 6.54 Å². The topological polar surface area (TPSA) is 38.4 Å². The lowest BCUT2D eigenvalue weighted by molar-refractivity contribution is 0.864. The molecule has 0 heterocycles. The highest BCUT2D eigenvalue weighted by Crippen LogP contribution is 2.15. The average molecular weight is 218 g/mol. The first-order valence-electron chi connectivity index (χ1n) is 6.01. The van der Waals surface area contributed by atoms with Crippen molar-refractivity contribution in [2.75, 3.05) is 0 Å². The molecule has 0 aliphatic heterocycles. The van der Waals surface area contributed by atoms with Crippen LogP contribution in [0, 0.1) is 0 Å². The summed E-state index contributed by atoms with van der Waals surface area (Å²) in [6.07, 6.45) is 1.95. The average Bonchev–Trinajstić information content (AvgIpc) is 2.27. The van der Waals surface area contributed by atoms with Crippen LogP contribution in [-0.4, -0.2) is 5.84 Å². The van der Waals surface area contributed by atoms with Crippen molar-refractivity contribution in [2.45, 2.75) is 46.1 Å². The quantitative estimate of drug-likeness (QED) is 0.596. The van der Waals surface area contributed by atoms with E-state index in [1.165, 1.54) is 11.1 Å². The third-order valence-corrected chi connectivity index (χ3v) is 2.62. The van der Waals surface area contributed by atoms with Crippen molar-refractivity contribution in [3.05, 3.63) is 35.4 Å². The van der Waals surface area contributed by atoms with Gasteiger partial charge < -0.3 is 5.73 Å². The van der Waals surface area contributed by atoms with Crippen LogP contribution in [0.2, 0.25) is 0 Å². The SMILES string of the molecule is CCCC(N)=NCc1ccc(C(C)C)cc1. The van der Waals surface area contributed by atoms with E-state index in [1.807, 2.05) is 0 Å². The number of benzene rings is 1. The van der Waals surface area contributed by atoms with Crippen molar-refractivity contribution in [1.82, 2.24) is 0 Å². The highest BCUT2D eigenvalue weighted by molar-refractivity contribution is 5.80. The maximum Gasteiger partial charge on any atom is 0.0941 e. The molecule has 0 saturated heterocycles. The molecule has 0 atom stereocenters. The van der Waals surface area contributed by atoms with Gasteiger partial charge >= 0.3 is 0 Å². The molecule has 0 amide bonds. The van der Waals surface area contributed by atoms with Crippen molar-refractivity contribution in [3.63, 3.8) is 0 Å². The summed E-state index contributed by atoms with van der Waals surface area (Å²) in [4.78, 5) is 4.35. The summed E-state index contributed by atoms with van der Waals surface area (Å²) in [6.45, 7) is 7.21. The summed E-state index contributed by atoms with van der Waals surface area (Å²) in [5.74, 6) is 1.35. The van der Waals surface area contributed by atoms with E-state index in [0.29, 0.717) is 12.5 Å². The van der Waals surface area contributed by atoms with Crippen molar-refractivity contribution in [2.24, 2.45) is 10.7 Å². The minimum Gasteiger partial charge on any atom is -0.387 e. The minimum atomic E-state index is 0.586. The summed E-state index contributed by atoms with van der Waals surface area (Å²) >= 11 is 0. The lowest BCUT2D eigenvalue weighted by Crippen LogP contribution is -2.11. The second kappa shape index (κ2) is 6.31. The van der Waals surface area contributed by atoms with Crippen molar-refractivity contribution < 1.29 is 0 Å². The second-order valence-corrected chi connectivity index (χ2v) is 4.45. The lowest BCUT2D eigenvalue weighted by atomic mass is 10.0. The van der Waals surface area contributed by atoms with Crippen LogP contribution < -0.4 is 5.73 Å². The van der Waals surface area contributed by atoms with Gasteiger partial charge in [-0.1, -0.05) is 45.0 Å². The normalized spacial score (nSPS) is 12.1. The number of hydrogen-bond donors (Lipinski definition) is 1. The van der Waals surface area contributed by atoms with Crippen LogP contribution in [0.3, 0.4) is 0 Å². The molecule has 0 aliphatic rings. The van der Waals surface area contributed by atoms with Gasteiger partial charge in [0.25, 0.3) is 0 Å². The number of amidine groups is 1. The number of nitrogens with zero attached hydrogens (tertiary/aromatic N) is 1. The van der Waals surface area contributed by atoms with E-state index in [-0.39, 0.29) is 0 Å². The highest BCUT2D eigenvalue weighted by Gasteiger charge is 1.98. The van der Waals surface area contributed by atoms with E-state index >= 15 is 0 Å². The van der Waals surface area contributed by atoms with E-state index in [2.05, 4.69) is 50.0 Å². The Bertz CT molecular complexity index is 336. The first-order chi connectivity index (χ1) is 7.63. The summed E-state index contributed by atoms with van der Waals surface area (Å²) in [5.41, 5.74) is 8.36. The fourth-order valence-corrected chi connectivity index (χ4v) is 1.54. The molecule has 0 radical (unpaired) electrons. The van der Waals surface area contributed by atoms with Gasteiger partial charge in [-0.15, -0.1) is 0 Å². The summed E-state index contributed by atoms with van der Waals surface area (Å²) in [7, 11) is 0. The Morgan fingerprint density at radius 3 is 2.38 bits per heavy atom. The van der Waals surface area contributed by atoms with Crippen LogP contribution in [0.4, 0.5) is 0 Å². The molecule has 1 aromatic rings. The Hall–Kier alpha value is -1.31. The van der Waals surface area contributed by atoms with Crippen molar-refractivity contribution in [1.29, 1.82) is 0 Å². The molecule has 1 aromatic carbocycles. The van der Waals surface area contributed by atoms with E-state index in [9.17, 15) is 0 Å². The summed E-state index contributed by atoms with van der Waals surface area (Å²) < 4.78 is 0. The lowest BCUT2D eigenvalue weighted by Gasteiger charge is -2.05. The molecule has 2 heteroatoms. The van der Waals surface area contributed by atoms with Gasteiger partial charge in [-0.05, 0) is 23.5 Å². The van der Waals surface area contributed by atoms with Gasteiger partial charge in [0.05, 0.1) is 12.4 Å². The molecule has 2 nitrogen and oxygen atoms in total. The Balaban J connectivity index is 2.59. The van der Waals surface area contributed by atoms with Gasteiger partial charge in [0.1, 0.15) is 0 Å². The standard InChI is InChI=1S/C14H22N2/c1-4-5-14(15)16-10-12-6-8-13(9-7-12)11(2)3/h6-9,11H,4-5,10H2,1-3H3,(H2,15,16). The van der Waals surface area contributed by atoms with Crippen LogP contribution >= 0.6 is 0 Å². The molecule has 0 bridgehead atoms. The van der Waals surface area contributed by atoms with Crippen molar-refractivity contribution >= 4 is 5.84 Å². The number of hydrogen-bond acceptors (Lipinski definition) is 1. The third kappa shape index (κ3) is 4.05. The largest absolute Gasteiger partial charge is 0.387 e. The van der Waals surface area contributed by atoms with Gasteiger partial charge in [0.15, 0.2) is 0 Å². The van der Waals surface area contributed by atoms with E-state index < -0.39 is 0 Å². The Kier molecular flexibility index (Phi) is 5.03. The predicted molar refractivity (Wildman–Crippen MR) is 70.8 cm³/mol. The number of aliphatic imine (C=N–C) groups is 1. The molecule has 0 aromatic heterocycles. The van der Waals surface area contributed by atoms with Gasteiger partial charge in [0, 0.05) is 6.42 Å². The molecule has 0 spiro atoms. The second-order valence-electron chi connectivity index (χ2n) is 4.45. The molecule has 16 heavy (non-hydrogen) atoms. The maximum absolute atomic E-state index is 5.76. The molecule has 0 unspecified atom stereocenters. The molecule has 0 fully saturated rings. The predicted octanol–water partition coefficient (Wildman–Crippen LogP) is 3.47. The molecular formula is C14H22N2. The van der Waals surface area contributed by atoms with Crippen LogP contribution in [0.25, 0.3) is 0 Å². The molecular weight excluding hydrogens is 196 g/mol. The molecule has 0 aliphatic carbocycles. The fraction of sp³-hybridized carbons (Fsp3) is 0.500. The number of nitrogens with two attached hydrogens (primary N) is 1. The van der Waals surface area contributed by atoms with Crippen LogP contribution in [0.15, 0.2) is 29.3 Å². The molecule has 2 N–H and O–H groups in total.